The van der Waals surface area contributed by atoms with E-state index in [-0.39, 0.29) is 42.7 Å². The van der Waals surface area contributed by atoms with Crippen LogP contribution in [0.1, 0.15) is 19.3 Å². The number of nitrogens with two attached hydrogens (primary N) is 1. The molecule has 1 aromatic rings. The molecule has 1 saturated carbocycles. The van der Waals surface area contributed by atoms with E-state index in [2.05, 4.69) is 9.88 Å². The molecular formula is C16H25Cl3N4O2. The standard InChI is InChI=1S/C16H23ClN4O2.2ClH/c17-12-2-4-15(19-10-12)20-5-7-21(8-6-20)16(23)11-1-3-14(22)13(18)9-11;;/h2,4,10-11,13-14,22H,1,3,5-9,18H2;2*1H/t11-,13+,14+;;/m0../s1. The number of carbonyl (C=O) groups excluding carboxylic acids is 1. The summed E-state index contributed by atoms with van der Waals surface area (Å²) in [6.45, 7) is 2.92. The summed E-state index contributed by atoms with van der Waals surface area (Å²) >= 11 is 5.86. The van der Waals surface area contributed by atoms with E-state index in [9.17, 15) is 9.90 Å². The van der Waals surface area contributed by atoms with E-state index in [1.165, 1.54) is 0 Å². The first-order chi connectivity index (χ1) is 11.0. The summed E-state index contributed by atoms with van der Waals surface area (Å²) in [5.41, 5.74) is 5.90. The average Bonchev–Trinajstić information content (AvgIpc) is 2.57. The van der Waals surface area contributed by atoms with Crippen LogP contribution in [0.2, 0.25) is 5.02 Å². The second-order valence-electron chi connectivity index (χ2n) is 6.39. The second kappa shape index (κ2) is 9.78. The Morgan fingerprint density at radius 3 is 2.44 bits per heavy atom. The zero-order valence-electron chi connectivity index (χ0n) is 13.9. The van der Waals surface area contributed by atoms with Gasteiger partial charge in [-0.25, -0.2) is 4.98 Å². The number of aliphatic hydroxyl groups is 1. The summed E-state index contributed by atoms with van der Waals surface area (Å²) < 4.78 is 0. The first-order valence-electron chi connectivity index (χ1n) is 8.13. The average molecular weight is 412 g/mol. The number of aromatic nitrogens is 1. The van der Waals surface area contributed by atoms with Gasteiger partial charge in [-0.2, -0.15) is 0 Å². The number of carbonyl (C=O) groups is 1. The predicted octanol–water partition coefficient (Wildman–Crippen LogP) is 1.72. The maximum atomic E-state index is 12.6. The molecule has 1 amide bonds. The number of halogens is 3. The molecule has 25 heavy (non-hydrogen) atoms. The van der Waals surface area contributed by atoms with Crippen LogP contribution in [-0.4, -0.2) is 59.2 Å². The molecule has 1 aromatic heterocycles. The van der Waals surface area contributed by atoms with Gasteiger partial charge in [0.25, 0.3) is 0 Å². The van der Waals surface area contributed by atoms with Crippen LogP contribution in [0.3, 0.4) is 0 Å². The van der Waals surface area contributed by atoms with Gasteiger partial charge in [-0.05, 0) is 31.4 Å². The molecule has 1 saturated heterocycles. The normalized spacial score (nSPS) is 26.4. The van der Waals surface area contributed by atoms with Crippen molar-refractivity contribution in [2.24, 2.45) is 11.7 Å². The number of nitrogens with zero attached hydrogens (tertiary/aromatic N) is 3. The number of rotatable bonds is 2. The molecule has 9 heteroatoms. The van der Waals surface area contributed by atoms with Crippen LogP contribution in [0.25, 0.3) is 0 Å². The molecule has 1 aliphatic heterocycles. The van der Waals surface area contributed by atoms with E-state index < -0.39 is 6.10 Å². The highest BCUT2D eigenvalue weighted by Gasteiger charge is 2.34. The Morgan fingerprint density at radius 1 is 1.20 bits per heavy atom. The maximum absolute atomic E-state index is 12.6. The van der Waals surface area contributed by atoms with Gasteiger partial charge < -0.3 is 20.6 Å². The first-order valence-corrected chi connectivity index (χ1v) is 8.51. The van der Waals surface area contributed by atoms with Crippen molar-refractivity contribution in [2.75, 3.05) is 31.1 Å². The molecule has 0 radical (unpaired) electrons. The molecule has 2 fully saturated rings. The topological polar surface area (TPSA) is 82.7 Å². The third-order valence-electron chi connectivity index (χ3n) is 4.84. The smallest absolute Gasteiger partial charge is 0.225 e. The van der Waals surface area contributed by atoms with E-state index >= 15 is 0 Å². The van der Waals surface area contributed by atoms with Crippen molar-refractivity contribution in [2.45, 2.75) is 31.4 Å². The van der Waals surface area contributed by atoms with Crippen LogP contribution in [0, 0.1) is 5.92 Å². The van der Waals surface area contributed by atoms with Crippen molar-refractivity contribution >= 4 is 48.1 Å². The SMILES string of the molecule is Cl.Cl.N[C@@H]1C[C@@H](C(=O)N2CCN(c3ccc(Cl)cn3)CC2)CC[C@H]1O. The van der Waals surface area contributed by atoms with Crippen molar-refractivity contribution in [3.63, 3.8) is 0 Å². The van der Waals surface area contributed by atoms with Crippen LogP contribution in [0.15, 0.2) is 18.3 Å². The summed E-state index contributed by atoms with van der Waals surface area (Å²) in [5, 5.41) is 10.3. The van der Waals surface area contributed by atoms with Gasteiger partial charge in [0, 0.05) is 44.3 Å². The van der Waals surface area contributed by atoms with Crippen LogP contribution in [0.5, 0.6) is 0 Å². The number of hydrogen-bond donors (Lipinski definition) is 2. The largest absolute Gasteiger partial charge is 0.392 e. The molecule has 0 aromatic carbocycles. The number of piperazine rings is 1. The monoisotopic (exact) mass is 410 g/mol. The molecule has 142 valence electrons. The lowest BCUT2D eigenvalue weighted by Gasteiger charge is -2.39. The lowest BCUT2D eigenvalue weighted by molar-refractivity contribution is -0.137. The van der Waals surface area contributed by atoms with Gasteiger partial charge in [-0.15, -0.1) is 24.8 Å². The van der Waals surface area contributed by atoms with Gasteiger partial charge in [0.15, 0.2) is 0 Å². The van der Waals surface area contributed by atoms with Gasteiger partial charge in [-0.1, -0.05) is 11.6 Å². The number of pyridine rings is 1. The molecule has 3 atom stereocenters. The van der Waals surface area contributed by atoms with Crippen molar-refractivity contribution in [3.05, 3.63) is 23.4 Å². The van der Waals surface area contributed by atoms with Crippen molar-refractivity contribution in [1.29, 1.82) is 0 Å². The summed E-state index contributed by atoms with van der Waals surface area (Å²) in [6, 6.07) is 3.45. The Morgan fingerprint density at radius 2 is 1.88 bits per heavy atom. The Kier molecular flexibility index (Phi) is 8.71. The van der Waals surface area contributed by atoms with E-state index in [1.54, 1.807) is 6.20 Å². The third-order valence-corrected chi connectivity index (χ3v) is 5.06. The Labute approximate surface area is 165 Å². The van der Waals surface area contributed by atoms with Crippen molar-refractivity contribution in [1.82, 2.24) is 9.88 Å². The van der Waals surface area contributed by atoms with Gasteiger partial charge in [0.2, 0.25) is 5.91 Å². The Balaban J connectivity index is 0.00000156. The fourth-order valence-corrected chi connectivity index (χ4v) is 3.49. The summed E-state index contributed by atoms with van der Waals surface area (Å²) in [6.07, 6.45) is 3.10. The van der Waals surface area contributed by atoms with Gasteiger partial charge in [0.05, 0.1) is 11.1 Å². The Hall–Kier alpha value is -0.790. The molecule has 3 rings (SSSR count). The Bertz CT molecular complexity index is 553. The van der Waals surface area contributed by atoms with Gasteiger partial charge >= 0.3 is 0 Å². The van der Waals surface area contributed by atoms with Gasteiger partial charge in [-0.3, -0.25) is 4.79 Å². The number of amides is 1. The summed E-state index contributed by atoms with van der Waals surface area (Å²) in [7, 11) is 0. The highest BCUT2D eigenvalue weighted by atomic mass is 35.5. The summed E-state index contributed by atoms with van der Waals surface area (Å²) in [4.78, 5) is 21.0. The fraction of sp³-hybridized carbons (Fsp3) is 0.625. The lowest BCUT2D eigenvalue weighted by Crippen LogP contribution is -2.52. The van der Waals surface area contributed by atoms with Crippen molar-refractivity contribution < 1.29 is 9.90 Å². The quantitative estimate of drug-likeness (QED) is 0.774. The molecule has 3 N–H and O–H groups in total. The summed E-state index contributed by atoms with van der Waals surface area (Å²) in [5.74, 6) is 1.02. The number of anilines is 1. The minimum absolute atomic E-state index is 0. The van der Waals surface area contributed by atoms with Crippen LogP contribution in [0.4, 0.5) is 5.82 Å². The number of hydrogen-bond acceptors (Lipinski definition) is 5. The molecule has 2 aliphatic rings. The minimum Gasteiger partial charge on any atom is -0.392 e. The molecule has 0 unspecified atom stereocenters. The van der Waals surface area contributed by atoms with Gasteiger partial charge in [0.1, 0.15) is 5.82 Å². The number of aliphatic hydroxyl groups excluding tert-OH is 1. The minimum atomic E-state index is -0.466. The lowest BCUT2D eigenvalue weighted by atomic mass is 9.83. The molecule has 0 bridgehead atoms. The fourth-order valence-electron chi connectivity index (χ4n) is 3.38. The highest BCUT2D eigenvalue weighted by Crippen LogP contribution is 2.26. The first kappa shape index (κ1) is 22.3. The maximum Gasteiger partial charge on any atom is 0.225 e. The van der Waals surface area contributed by atoms with Crippen LogP contribution >= 0.6 is 36.4 Å². The molecule has 2 heterocycles. The zero-order valence-corrected chi connectivity index (χ0v) is 16.3. The molecule has 0 spiro atoms. The van der Waals surface area contributed by atoms with E-state index in [0.717, 1.165) is 25.3 Å². The van der Waals surface area contributed by atoms with E-state index in [1.807, 2.05) is 17.0 Å². The zero-order chi connectivity index (χ0) is 16.4. The van der Waals surface area contributed by atoms with E-state index in [0.29, 0.717) is 31.0 Å². The molecule has 6 nitrogen and oxygen atoms in total. The van der Waals surface area contributed by atoms with E-state index in [4.69, 9.17) is 17.3 Å². The van der Waals surface area contributed by atoms with Crippen LogP contribution in [-0.2, 0) is 4.79 Å². The second-order valence-corrected chi connectivity index (χ2v) is 6.82. The van der Waals surface area contributed by atoms with Crippen LogP contribution < -0.4 is 10.6 Å². The third kappa shape index (κ3) is 5.34. The highest BCUT2D eigenvalue weighted by molar-refractivity contribution is 6.30. The molecule has 1 aliphatic carbocycles. The molecular weight excluding hydrogens is 387 g/mol. The predicted molar refractivity (Wildman–Crippen MR) is 104 cm³/mol. The van der Waals surface area contributed by atoms with Crippen molar-refractivity contribution in [3.8, 4) is 0 Å².